The first kappa shape index (κ1) is 14.8. The summed E-state index contributed by atoms with van der Waals surface area (Å²) in [6.07, 6.45) is 4.58. The molecule has 5 nitrogen and oxygen atoms in total. The van der Waals surface area contributed by atoms with E-state index in [0.717, 1.165) is 23.0 Å². The van der Waals surface area contributed by atoms with Gasteiger partial charge in [-0.3, -0.25) is 10.1 Å². The first-order valence-electron chi connectivity index (χ1n) is 7.41. The van der Waals surface area contributed by atoms with Crippen LogP contribution in [0.5, 0.6) is 0 Å². The molecule has 3 rings (SSSR count). The lowest BCUT2D eigenvalue weighted by atomic mass is 9.96. The van der Waals surface area contributed by atoms with Crippen molar-refractivity contribution in [3.63, 3.8) is 0 Å². The second-order valence-electron chi connectivity index (χ2n) is 6.10. The fraction of sp³-hybridized carbons (Fsp3) is 0.600. The molecule has 0 spiro atoms. The smallest absolute Gasteiger partial charge is 0.274 e. The van der Waals surface area contributed by atoms with Crippen molar-refractivity contribution in [1.29, 1.82) is 0 Å². The second-order valence-corrected chi connectivity index (χ2v) is 6.95. The molecule has 6 heteroatoms. The van der Waals surface area contributed by atoms with E-state index >= 15 is 0 Å². The summed E-state index contributed by atoms with van der Waals surface area (Å²) >= 11 is 3.60. The minimum absolute atomic E-state index is 0.211. The van der Waals surface area contributed by atoms with Gasteiger partial charge in [0.15, 0.2) is 0 Å². The Morgan fingerprint density at radius 2 is 1.95 bits per heavy atom. The maximum atomic E-state index is 11.2. The fourth-order valence-electron chi connectivity index (χ4n) is 3.85. The highest BCUT2D eigenvalue weighted by molar-refractivity contribution is 9.10. The van der Waals surface area contributed by atoms with E-state index < -0.39 is 0 Å². The molecule has 0 saturated carbocycles. The van der Waals surface area contributed by atoms with E-state index in [-0.39, 0.29) is 10.6 Å². The summed E-state index contributed by atoms with van der Waals surface area (Å²) in [5, 5.41) is 14.6. The van der Waals surface area contributed by atoms with Gasteiger partial charge in [-0.15, -0.1) is 0 Å². The zero-order chi connectivity index (χ0) is 15.1. The fourth-order valence-corrected chi connectivity index (χ4v) is 4.51. The average Bonchev–Trinajstić information content (AvgIpc) is 2.69. The Hall–Kier alpha value is -1.14. The minimum Gasteiger partial charge on any atom is -0.364 e. The van der Waals surface area contributed by atoms with E-state index in [1.807, 2.05) is 13.1 Å². The van der Waals surface area contributed by atoms with Gasteiger partial charge in [0.25, 0.3) is 5.69 Å². The third-order valence-electron chi connectivity index (χ3n) is 4.88. The van der Waals surface area contributed by atoms with Gasteiger partial charge in [-0.05, 0) is 61.7 Å². The molecule has 2 heterocycles. The monoisotopic (exact) mass is 353 g/mol. The van der Waals surface area contributed by atoms with Crippen LogP contribution in [-0.4, -0.2) is 30.1 Å². The summed E-state index contributed by atoms with van der Waals surface area (Å²) < 4.78 is 0.963. The lowest BCUT2D eigenvalue weighted by Gasteiger charge is -2.41. The molecule has 2 fully saturated rings. The number of fused-ring (bicyclic) bond motifs is 2. The van der Waals surface area contributed by atoms with E-state index in [1.54, 1.807) is 13.0 Å². The van der Waals surface area contributed by atoms with Gasteiger partial charge in [0.1, 0.15) is 0 Å². The third kappa shape index (κ3) is 2.55. The molecule has 0 aliphatic carbocycles. The van der Waals surface area contributed by atoms with Crippen LogP contribution < -0.4 is 10.2 Å². The van der Waals surface area contributed by atoms with Crippen molar-refractivity contribution in [2.24, 2.45) is 0 Å². The molecule has 2 aliphatic rings. The molecule has 0 amide bonds. The highest BCUT2D eigenvalue weighted by atomic mass is 79.9. The lowest BCUT2D eigenvalue weighted by molar-refractivity contribution is -0.385. The number of hydrogen-bond acceptors (Lipinski definition) is 4. The van der Waals surface area contributed by atoms with Crippen molar-refractivity contribution in [3.8, 4) is 0 Å². The van der Waals surface area contributed by atoms with Crippen molar-refractivity contribution in [2.45, 2.75) is 50.7 Å². The number of aryl methyl sites for hydroxylation is 1. The van der Waals surface area contributed by atoms with Crippen LogP contribution in [0.3, 0.4) is 0 Å². The van der Waals surface area contributed by atoms with Crippen molar-refractivity contribution < 1.29 is 4.92 Å². The van der Waals surface area contributed by atoms with Crippen LogP contribution in [0.25, 0.3) is 0 Å². The largest absolute Gasteiger partial charge is 0.364 e. The summed E-state index contributed by atoms with van der Waals surface area (Å²) in [4.78, 5) is 13.3. The molecule has 1 N–H and O–H groups in total. The van der Waals surface area contributed by atoms with E-state index in [0.29, 0.717) is 23.7 Å². The van der Waals surface area contributed by atoms with Gasteiger partial charge in [0, 0.05) is 34.2 Å². The zero-order valence-corrected chi connectivity index (χ0v) is 13.9. The van der Waals surface area contributed by atoms with E-state index in [4.69, 9.17) is 0 Å². The number of nitro benzene ring substituents is 1. The first-order chi connectivity index (χ1) is 10.0. The Labute approximate surface area is 133 Å². The van der Waals surface area contributed by atoms with Gasteiger partial charge in [0.2, 0.25) is 0 Å². The highest BCUT2D eigenvalue weighted by Gasteiger charge is 2.41. The Morgan fingerprint density at radius 3 is 2.48 bits per heavy atom. The number of benzene rings is 1. The first-order valence-corrected chi connectivity index (χ1v) is 8.20. The molecule has 114 valence electrons. The molecule has 2 saturated heterocycles. The zero-order valence-electron chi connectivity index (χ0n) is 12.3. The molecule has 2 bridgehead atoms. The van der Waals surface area contributed by atoms with Crippen molar-refractivity contribution >= 4 is 27.3 Å². The van der Waals surface area contributed by atoms with Crippen molar-refractivity contribution in [1.82, 2.24) is 5.32 Å². The molecule has 2 unspecified atom stereocenters. The SMILES string of the molecule is CNC1CC2CCC(C1)N2c1cc([N+](=O)[O-])c(C)cc1Br. The molecule has 21 heavy (non-hydrogen) atoms. The van der Waals surface area contributed by atoms with Crippen LogP contribution in [0, 0.1) is 17.0 Å². The Bertz CT molecular complexity index is 564. The summed E-state index contributed by atoms with van der Waals surface area (Å²) in [7, 11) is 2.02. The van der Waals surface area contributed by atoms with Gasteiger partial charge in [-0.1, -0.05) is 0 Å². The number of piperidine rings is 1. The Morgan fingerprint density at radius 1 is 1.33 bits per heavy atom. The third-order valence-corrected chi connectivity index (χ3v) is 5.52. The van der Waals surface area contributed by atoms with Gasteiger partial charge >= 0.3 is 0 Å². The standard InChI is InChI=1S/C15H20BrN3O2/c1-9-5-13(16)15(8-14(9)19(20)21)18-11-3-4-12(18)7-10(6-11)17-2/h5,8,10-12,17H,3-4,6-7H2,1-2H3. The summed E-state index contributed by atoms with van der Waals surface area (Å²) in [6, 6.07) is 5.15. The van der Waals surface area contributed by atoms with Crippen LogP contribution in [0.15, 0.2) is 16.6 Å². The minimum atomic E-state index is -0.284. The average molecular weight is 354 g/mol. The van der Waals surface area contributed by atoms with Gasteiger partial charge < -0.3 is 10.2 Å². The number of hydrogen-bond donors (Lipinski definition) is 1. The van der Waals surface area contributed by atoms with Crippen molar-refractivity contribution in [3.05, 3.63) is 32.3 Å². The van der Waals surface area contributed by atoms with Crippen molar-refractivity contribution in [2.75, 3.05) is 11.9 Å². The summed E-state index contributed by atoms with van der Waals surface area (Å²) in [5.74, 6) is 0. The molecule has 0 aromatic heterocycles. The molecule has 1 aromatic carbocycles. The quantitative estimate of drug-likeness (QED) is 0.668. The Balaban J connectivity index is 1.98. The van der Waals surface area contributed by atoms with Gasteiger partial charge in [0.05, 0.1) is 10.6 Å². The normalized spacial score (nSPS) is 28.0. The maximum Gasteiger partial charge on any atom is 0.274 e. The number of nitrogens with one attached hydrogen (secondary N) is 1. The second kappa shape index (κ2) is 5.57. The predicted molar refractivity (Wildman–Crippen MR) is 86.9 cm³/mol. The predicted octanol–water partition coefficient (Wildman–Crippen LogP) is 3.38. The summed E-state index contributed by atoms with van der Waals surface area (Å²) in [6.45, 7) is 1.79. The van der Waals surface area contributed by atoms with E-state index in [2.05, 4.69) is 26.1 Å². The number of nitro groups is 1. The van der Waals surface area contributed by atoms with Gasteiger partial charge in [-0.25, -0.2) is 0 Å². The van der Waals surface area contributed by atoms with Crippen LogP contribution >= 0.6 is 15.9 Å². The van der Waals surface area contributed by atoms with Crippen LogP contribution in [0.2, 0.25) is 0 Å². The van der Waals surface area contributed by atoms with E-state index in [1.165, 1.54) is 12.8 Å². The number of anilines is 1. The van der Waals surface area contributed by atoms with E-state index in [9.17, 15) is 10.1 Å². The molecule has 2 aliphatic heterocycles. The highest BCUT2D eigenvalue weighted by Crippen LogP contribution is 2.43. The number of halogens is 1. The number of rotatable bonds is 3. The summed E-state index contributed by atoms with van der Waals surface area (Å²) in [5.41, 5.74) is 1.89. The van der Waals surface area contributed by atoms with Crippen LogP contribution in [-0.2, 0) is 0 Å². The maximum absolute atomic E-state index is 11.2. The molecule has 2 atom stereocenters. The molecular formula is C15H20BrN3O2. The lowest BCUT2D eigenvalue weighted by Crippen LogP contribution is -2.48. The molecular weight excluding hydrogens is 334 g/mol. The molecule has 1 aromatic rings. The number of nitrogens with zero attached hydrogens (tertiary/aromatic N) is 2. The Kier molecular flexibility index (Phi) is 3.92. The molecule has 0 radical (unpaired) electrons. The van der Waals surface area contributed by atoms with Gasteiger partial charge in [-0.2, -0.15) is 0 Å². The topological polar surface area (TPSA) is 58.4 Å². The van der Waals surface area contributed by atoms with Crippen LogP contribution in [0.1, 0.15) is 31.2 Å². The van der Waals surface area contributed by atoms with Crippen LogP contribution in [0.4, 0.5) is 11.4 Å².